The Morgan fingerprint density at radius 3 is 2.89 bits per heavy atom. The Balaban J connectivity index is 2.16. The van der Waals surface area contributed by atoms with Crippen molar-refractivity contribution in [1.82, 2.24) is 4.90 Å². The predicted molar refractivity (Wildman–Crippen MR) is 86.4 cm³/mol. The Bertz CT molecular complexity index is 481. The van der Waals surface area contributed by atoms with Gasteiger partial charge in [0.15, 0.2) is 0 Å². The average molecular weight is 393 g/mol. The zero-order chi connectivity index (χ0) is 14.0. The number of halogens is 2. The number of hydrogen-bond donors (Lipinski definition) is 1. The van der Waals surface area contributed by atoms with Crippen LogP contribution in [0.25, 0.3) is 0 Å². The van der Waals surface area contributed by atoms with Crippen LogP contribution in [0.15, 0.2) is 18.2 Å². The summed E-state index contributed by atoms with van der Waals surface area (Å²) in [6, 6.07) is 5.71. The van der Waals surface area contributed by atoms with Crippen LogP contribution < -0.4 is 5.73 Å². The van der Waals surface area contributed by atoms with Crippen LogP contribution >= 0.6 is 34.2 Å². The number of carbonyl (C=O) groups is 1. The minimum absolute atomic E-state index is 0.0312. The number of rotatable bonds is 3. The average Bonchev–Trinajstić information content (AvgIpc) is 2.88. The SMILES string of the molecule is CN(C(=O)c1ccc(I)c(Cl)c1)C1CCCC1CN. The summed E-state index contributed by atoms with van der Waals surface area (Å²) in [6.45, 7) is 0.649. The summed E-state index contributed by atoms with van der Waals surface area (Å²) in [6.07, 6.45) is 3.31. The lowest BCUT2D eigenvalue weighted by Gasteiger charge is -2.29. The molecule has 2 unspecified atom stereocenters. The molecule has 1 aliphatic rings. The summed E-state index contributed by atoms with van der Waals surface area (Å²) in [5, 5.41) is 0.627. The van der Waals surface area contributed by atoms with E-state index >= 15 is 0 Å². The maximum atomic E-state index is 12.5. The molecule has 1 aromatic rings. The maximum absolute atomic E-state index is 12.5. The van der Waals surface area contributed by atoms with Crippen molar-refractivity contribution in [3.05, 3.63) is 32.4 Å². The van der Waals surface area contributed by atoms with E-state index in [9.17, 15) is 4.79 Å². The number of hydrogen-bond acceptors (Lipinski definition) is 2. The second-order valence-corrected chi connectivity index (χ2v) is 6.61. The summed E-state index contributed by atoms with van der Waals surface area (Å²) in [7, 11) is 1.87. The smallest absolute Gasteiger partial charge is 0.253 e. The third-order valence-electron chi connectivity index (χ3n) is 3.91. The standard InChI is InChI=1S/C14H18ClIN2O/c1-18(13-4-2-3-10(13)8-17)14(19)9-5-6-12(16)11(15)7-9/h5-7,10,13H,2-4,8,17H2,1H3. The van der Waals surface area contributed by atoms with Crippen LogP contribution in [0.4, 0.5) is 0 Å². The van der Waals surface area contributed by atoms with Gasteiger partial charge in [0, 0.05) is 22.2 Å². The van der Waals surface area contributed by atoms with E-state index in [0.717, 1.165) is 22.8 Å². The molecule has 1 aromatic carbocycles. The van der Waals surface area contributed by atoms with Crippen molar-refractivity contribution < 1.29 is 4.79 Å². The highest BCUT2D eigenvalue weighted by Gasteiger charge is 2.32. The summed E-state index contributed by atoms with van der Waals surface area (Å²) < 4.78 is 0.958. The molecular weight excluding hydrogens is 375 g/mol. The summed E-state index contributed by atoms with van der Waals surface area (Å²) in [4.78, 5) is 14.3. The molecule has 104 valence electrons. The Hall–Kier alpha value is -0.330. The quantitative estimate of drug-likeness (QED) is 0.803. The van der Waals surface area contributed by atoms with Gasteiger partial charge in [0.1, 0.15) is 0 Å². The molecule has 19 heavy (non-hydrogen) atoms. The Morgan fingerprint density at radius 1 is 1.53 bits per heavy atom. The van der Waals surface area contributed by atoms with Crippen molar-refractivity contribution in [3.63, 3.8) is 0 Å². The largest absolute Gasteiger partial charge is 0.338 e. The fourth-order valence-corrected chi connectivity index (χ4v) is 3.30. The van der Waals surface area contributed by atoms with Crippen molar-refractivity contribution in [3.8, 4) is 0 Å². The highest BCUT2D eigenvalue weighted by atomic mass is 127. The Kier molecular flexibility index (Phi) is 5.09. The zero-order valence-electron chi connectivity index (χ0n) is 10.9. The van der Waals surface area contributed by atoms with Gasteiger partial charge in [-0.05, 0) is 66.1 Å². The molecular formula is C14H18ClIN2O. The number of amides is 1. The number of benzene rings is 1. The van der Waals surface area contributed by atoms with Gasteiger partial charge in [0.2, 0.25) is 0 Å². The fourth-order valence-electron chi connectivity index (χ4n) is 2.79. The van der Waals surface area contributed by atoms with E-state index in [0.29, 0.717) is 23.0 Å². The Morgan fingerprint density at radius 2 is 2.26 bits per heavy atom. The van der Waals surface area contributed by atoms with E-state index in [1.165, 1.54) is 0 Å². The third kappa shape index (κ3) is 3.23. The predicted octanol–water partition coefficient (Wildman–Crippen LogP) is 3.14. The van der Waals surface area contributed by atoms with E-state index in [1.54, 1.807) is 6.07 Å². The number of nitrogens with zero attached hydrogens (tertiary/aromatic N) is 1. The summed E-state index contributed by atoms with van der Waals surface area (Å²) in [5.41, 5.74) is 6.43. The molecule has 0 saturated heterocycles. The normalized spacial score (nSPS) is 22.5. The van der Waals surface area contributed by atoms with Crippen LogP contribution in [0.1, 0.15) is 29.6 Å². The van der Waals surface area contributed by atoms with Crippen LogP contribution in [-0.4, -0.2) is 30.4 Å². The minimum atomic E-state index is 0.0312. The molecule has 0 radical (unpaired) electrons. The van der Waals surface area contributed by atoms with Crippen LogP contribution in [0, 0.1) is 9.49 Å². The van der Waals surface area contributed by atoms with Gasteiger partial charge in [0.25, 0.3) is 5.91 Å². The van der Waals surface area contributed by atoms with E-state index in [4.69, 9.17) is 17.3 Å². The van der Waals surface area contributed by atoms with Gasteiger partial charge < -0.3 is 10.6 Å². The lowest BCUT2D eigenvalue weighted by molar-refractivity contribution is 0.0700. The second-order valence-electron chi connectivity index (χ2n) is 5.04. The van der Waals surface area contributed by atoms with Crippen molar-refractivity contribution in [2.24, 2.45) is 11.7 Å². The first-order valence-electron chi connectivity index (χ1n) is 6.47. The molecule has 1 amide bonds. The molecule has 5 heteroatoms. The molecule has 2 rings (SSSR count). The summed E-state index contributed by atoms with van der Waals surface area (Å²) in [5.74, 6) is 0.455. The lowest BCUT2D eigenvalue weighted by Crippen LogP contribution is -2.41. The lowest BCUT2D eigenvalue weighted by atomic mass is 10.0. The number of carbonyl (C=O) groups excluding carboxylic acids is 1. The summed E-state index contributed by atoms with van der Waals surface area (Å²) >= 11 is 8.24. The highest BCUT2D eigenvalue weighted by molar-refractivity contribution is 14.1. The van der Waals surface area contributed by atoms with E-state index in [-0.39, 0.29) is 11.9 Å². The number of nitrogens with two attached hydrogens (primary N) is 1. The molecule has 1 fully saturated rings. The first-order chi connectivity index (χ1) is 9.04. The topological polar surface area (TPSA) is 46.3 Å². The molecule has 0 bridgehead atoms. The van der Waals surface area contributed by atoms with Crippen molar-refractivity contribution in [2.45, 2.75) is 25.3 Å². The van der Waals surface area contributed by atoms with Crippen molar-refractivity contribution >= 4 is 40.1 Å². The molecule has 1 saturated carbocycles. The molecule has 3 nitrogen and oxygen atoms in total. The van der Waals surface area contributed by atoms with Gasteiger partial charge in [-0.25, -0.2) is 0 Å². The van der Waals surface area contributed by atoms with Gasteiger partial charge in [-0.3, -0.25) is 4.79 Å². The van der Waals surface area contributed by atoms with Crippen LogP contribution in [0.2, 0.25) is 5.02 Å². The van der Waals surface area contributed by atoms with Crippen LogP contribution in [0.3, 0.4) is 0 Å². The maximum Gasteiger partial charge on any atom is 0.253 e. The van der Waals surface area contributed by atoms with Gasteiger partial charge in [0.05, 0.1) is 5.02 Å². The van der Waals surface area contributed by atoms with Gasteiger partial charge >= 0.3 is 0 Å². The fraction of sp³-hybridized carbons (Fsp3) is 0.500. The molecule has 2 atom stereocenters. The monoisotopic (exact) mass is 392 g/mol. The Labute approximate surface area is 132 Å². The van der Waals surface area contributed by atoms with E-state index < -0.39 is 0 Å². The van der Waals surface area contributed by atoms with Crippen molar-refractivity contribution in [1.29, 1.82) is 0 Å². The first kappa shape index (κ1) is 15.1. The molecule has 0 aromatic heterocycles. The first-order valence-corrected chi connectivity index (χ1v) is 7.92. The molecule has 0 spiro atoms. The van der Waals surface area contributed by atoms with Crippen LogP contribution in [-0.2, 0) is 0 Å². The van der Waals surface area contributed by atoms with E-state index in [2.05, 4.69) is 22.6 Å². The molecule has 2 N–H and O–H groups in total. The van der Waals surface area contributed by atoms with Crippen LogP contribution in [0.5, 0.6) is 0 Å². The minimum Gasteiger partial charge on any atom is -0.338 e. The second kappa shape index (κ2) is 6.41. The van der Waals surface area contributed by atoms with Gasteiger partial charge in [-0.2, -0.15) is 0 Å². The van der Waals surface area contributed by atoms with Crippen molar-refractivity contribution in [2.75, 3.05) is 13.6 Å². The molecule has 0 heterocycles. The third-order valence-corrected chi connectivity index (χ3v) is 5.48. The zero-order valence-corrected chi connectivity index (χ0v) is 13.8. The molecule has 0 aliphatic heterocycles. The van der Waals surface area contributed by atoms with Gasteiger partial charge in [-0.1, -0.05) is 18.0 Å². The van der Waals surface area contributed by atoms with E-state index in [1.807, 2.05) is 24.1 Å². The van der Waals surface area contributed by atoms with Gasteiger partial charge in [-0.15, -0.1) is 0 Å². The molecule has 1 aliphatic carbocycles. The highest BCUT2D eigenvalue weighted by Crippen LogP contribution is 2.30.